The molecule has 104 valence electrons. The fourth-order valence-corrected chi connectivity index (χ4v) is 1.83. The molecule has 1 N–H and O–H groups in total. The van der Waals surface area contributed by atoms with Gasteiger partial charge in [0.2, 0.25) is 5.82 Å². The predicted octanol–water partition coefficient (Wildman–Crippen LogP) is 1.76. The van der Waals surface area contributed by atoms with Crippen LogP contribution >= 0.6 is 0 Å². The molecule has 0 fully saturated rings. The molecule has 0 unspecified atom stereocenters. The molecule has 0 saturated carbocycles. The third-order valence-corrected chi connectivity index (χ3v) is 2.84. The first-order valence-corrected chi connectivity index (χ1v) is 6.13. The van der Waals surface area contributed by atoms with Crippen LogP contribution in [0.1, 0.15) is 11.4 Å². The fourth-order valence-electron chi connectivity index (χ4n) is 1.83. The third-order valence-electron chi connectivity index (χ3n) is 2.84. The Morgan fingerprint density at radius 3 is 2.67 bits per heavy atom. The normalized spacial score (nSPS) is 10.5. The van der Waals surface area contributed by atoms with Gasteiger partial charge in [-0.1, -0.05) is 12.1 Å². The Kier molecular flexibility index (Phi) is 3.34. The standard InChI is InChI=1S/C13H10N6O2/c20-19(21)10-3-1-9(2-4-10)7-12-16-13(18-17-12)11-8-14-5-6-15-11/h1-6,8H,7H2,(H,16,17,18). The van der Waals surface area contributed by atoms with E-state index in [1.165, 1.54) is 12.1 Å². The number of hydrogen-bond donors (Lipinski definition) is 1. The van der Waals surface area contributed by atoms with Crippen LogP contribution in [-0.2, 0) is 6.42 Å². The molecule has 8 heteroatoms. The first-order valence-electron chi connectivity index (χ1n) is 6.13. The minimum Gasteiger partial charge on any atom is -0.262 e. The van der Waals surface area contributed by atoms with Crippen molar-refractivity contribution in [3.63, 3.8) is 0 Å². The summed E-state index contributed by atoms with van der Waals surface area (Å²) >= 11 is 0. The molecule has 21 heavy (non-hydrogen) atoms. The molecule has 0 aliphatic heterocycles. The summed E-state index contributed by atoms with van der Waals surface area (Å²) in [7, 11) is 0. The molecule has 0 spiro atoms. The highest BCUT2D eigenvalue weighted by atomic mass is 16.6. The van der Waals surface area contributed by atoms with E-state index in [4.69, 9.17) is 0 Å². The van der Waals surface area contributed by atoms with Gasteiger partial charge in [-0.3, -0.25) is 20.2 Å². The quantitative estimate of drug-likeness (QED) is 0.576. The zero-order valence-electron chi connectivity index (χ0n) is 10.8. The molecular formula is C13H10N6O2. The molecule has 0 bridgehead atoms. The first kappa shape index (κ1) is 12.9. The highest BCUT2D eigenvalue weighted by Gasteiger charge is 2.09. The first-order chi connectivity index (χ1) is 10.2. The number of non-ortho nitro benzene ring substituents is 1. The summed E-state index contributed by atoms with van der Waals surface area (Å²) in [6, 6.07) is 6.33. The van der Waals surface area contributed by atoms with Crippen molar-refractivity contribution in [3.05, 3.63) is 64.4 Å². The lowest BCUT2D eigenvalue weighted by molar-refractivity contribution is -0.384. The monoisotopic (exact) mass is 282 g/mol. The summed E-state index contributed by atoms with van der Waals surface area (Å²) in [6.45, 7) is 0. The largest absolute Gasteiger partial charge is 0.269 e. The van der Waals surface area contributed by atoms with Crippen molar-refractivity contribution in [3.8, 4) is 11.5 Å². The van der Waals surface area contributed by atoms with E-state index in [1.807, 2.05) is 0 Å². The molecule has 0 radical (unpaired) electrons. The van der Waals surface area contributed by atoms with Crippen LogP contribution in [0.15, 0.2) is 42.9 Å². The molecule has 3 rings (SSSR count). The van der Waals surface area contributed by atoms with Crippen molar-refractivity contribution in [1.29, 1.82) is 0 Å². The summed E-state index contributed by atoms with van der Waals surface area (Å²) in [4.78, 5) is 22.6. The maximum atomic E-state index is 10.6. The molecule has 3 aromatic rings. The van der Waals surface area contributed by atoms with Gasteiger partial charge in [0.25, 0.3) is 5.69 Å². The number of nitrogens with zero attached hydrogens (tertiary/aromatic N) is 5. The van der Waals surface area contributed by atoms with Gasteiger partial charge in [0, 0.05) is 30.9 Å². The lowest BCUT2D eigenvalue weighted by Crippen LogP contribution is -1.93. The Hall–Kier alpha value is -3.16. The minimum atomic E-state index is -0.426. The maximum absolute atomic E-state index is 10.6. The Morgan fingerprint density at radius 1 is 1.19 bits per heavy atom. The van der Waals surface area contributed by atoms with Gasteiger partial charge < -0.3 is 0 Å². The van der Waals surface area contributed by atoms with Crippen molar-refractivity contribution in [2.24, 2.45) is 0 Å². The van der Waals surface area contributed by atoms with Crippen LogP contribution in [0.4, 0.5) is 5.69 Å². The van der Waals surface area contributed by atoms with E-state index in [-0.39, 0.29) is 5.69 Å². The third kappa shape index (κ3) is 2.89. The number of nitro groups is 1. The average Bonchev–Trinajstić information content (AvgIpc) is 2.97. The predicted molar refractivity (Wildman–Crippen MR) is 73.3 cm³/mol. The molecule has 0 saturated heterocycles. The molecular weight excluding hydrogens is 272 g/mol. The highest BCUT2D eigenvalue weighted by Crippen LogP contribution is 2.15. The average molecular weight is 282 g/mol. The molecule has 2 aromatic heterocycles. The second-order valence-electron chi connectivity index (χ2n) is 4.30. The highest BCUT2D eigenvalue weighted by molar-refractivity contribution is 5.46. The van der Waals surface area contributed by atoms with Crippen LogP contribution in [0.3, 0.4) is 0 Å². The van der Waals surface area contributed by atoms with Gasteiger partial charge in [-0.25, -0.2) is 9.97 Å². The molecule has 0 amide bonds. The number of hydrogen-bond acceptors (Lipinski definition) is 6. The van der Waals surface area contributed by atoms with E-state index in [0.717, 1.165) is 5.56 Å². The molecule has 2 heterocycles. The van der Waals surface area contributed by atoms with Gasteiger partial charge in [-0.2, -0.15) is 5.10 Å². The van der Waals surface area contributed by atoms with Crippen molar-refractivity contribution in [2.45, 2.75) is 6.42 Å². The van der Waals surface area contributed by atoms with Gasteiger partial charge >= 0.3 is 0 Å². The number of H-pyrrole nitrogens is 1. The topological polar surface area (TPSA) is 110 Å². The summed E-state index contributed by atoms with van der Waals surface area (Å²) < 4.78 is 0. The fraction of sp³-hybridized carbons (Fsp3) is 0.0769. The molecule has 1 aromatic carbocycles. The number of aromatic amines is 1. The van der Waals surface area contributed by atoms with Crippen LogP contribution in [0, 0.1) is 10.1 Å². The van der Waals surface area contributed by atoms with Crippen LogP contribution in [-0.4, -0.2) is 30.1 Å². The zero-order chi connectivity index (χ0) is 14.7. The smallest absolute Gasteiger partial charge is 0.262 e. The number of aromatic nitrogens is 5. The van der Waals surface area contributed by atoms with E-state index in [1.54, 1.807) is 30.7 Å². The van der Waals surface area contributed by atoms with Crippen molar-refractivity contribution < 1.29 is 4.92 Å². The van der Waals surface area contributed by atoms with Crippen LogP contribution in [0.25, 0.3) is 11.5 Å². The van der Waals surface area contributed by atoms with Crippen LogP contribution < -0.4 is 0 Å². The number of nitro benzene ring substituents is 1. The van der Waals surface area contributed by atoms with Crippen LogP contribution in [0.5, 0.6) is 0 Å². The maximum Gasteiger partial charge on any atom is 0.269 e. The Labute approximate surface area is 119 Å². The number of nitrogens with one attached hydrogen (secondary N) is 1. The van der Waals surface area contributed by atoms with E-state index in [2.05, 4.69) is 25.1 Å². The van der Waals surface area contributed by atoms with Gasteiger partial charge in [0.1, 0.15) is 11.5 Å². The van der Waals surface area contributed by atoms with Crippen molar-refractivity contribution in [2.75, 3.05) is 0 Å². The Morgan fingerprint density at radius 2 is 2.00 bits per heavy atom. The summed E-state index contributed by atoms with van der Waals surface area (Å²) in [5.41, 5.74) is 1.56. The SMILES string of the molecule is O=[N+]([O-])c1ccc(Cc2nc(-c3cnccn3)n[nH]2)cc1. The van der Waals surface area contributed by atoms with E-state index in [9.17, 15) is 10.1 Å². The lowest BCUT2D eigenvalue weighted by Gasteiger charge is -1.97. The van der Waals surface area contributed by atoms with E-state index in [0.29, 0.717) is 23.8 Å². The molecule has 0 atom stereocenters. The number of rotatable bonds is 4. The van der Waals surface area contributed by atoms with Gasteiger partial charge in [0.05, 0.1) is 11.1 Å². The molecule has 8 nitrogen and oxygen atoms in total. The van der Waals surface area contributed by atoms with Crippen molar-refractivity contribution in [1.82, 2.24) is 25.1 Å². The molecule has 0 aliphatic rings. The van der Waals surface area contributed by atoms with Gasteiger partial charge in [0.15, 0.2) is 0 Å². The summed E-state index contributed by atoms with van der Waals surface area (Å²) in [6.07, 6.45) is 5.24. The minimum absolute atomic E-state index is 0.0663. The van der Waals surface area contributed by atoms with Gasteiger partial charge in [-0.05, 0) is 5.56 Å². The summed E-state index contributed by atoms with van der Waals surface area (Å²) in [5.74, 6) is 1.13. The van der Waals surface area contributed by atoms with E-state index < -0.39 is 4.92 Å². The van der Waals surface area contributed by atoms with Crippen molar-refractivity contribution >= 4 is 5.69 Å². The molecule has 0 aliphatic carbocycles. The van der Waals surface area contributed by atoms with E-state index >= 15 is 0 Å². The Balaban J connectivity index is 1.77. The van der Waals surface area contributed by atoms with Crippen LogP contribution in [0.2, 0.25) is 0 Å². The second kappa shape index (κ2) is 5.45. The second-order valence-corrected chi connectivity index (χ2v) is 4.30. The number of benzene rings is 1. The Bertz CT molecular complexity index is 754. The van der Waals surface area contributed by atoms with Gasteiger partial charge in [-0.15, -0.1) is 0 Å². The summed E-state index contributed by atoms with van der Waals surface area (Å²) in [5, 5.41) is 17.5. The zero-order valence-corrected chi connectivity index (χ0v) is 10.8. The lowest BCUT2D eigenvalue weighted by atomic mass is 10.1.